The highest BCUT2D eigenvalue weighted by Crippen LogP contribution is 2.16. The van der Waals surface area contributed by atoms with E-state index in [2.05, 4.69) is 15.3 Å². The fourth-order valence-corrected chi connectivity index (χ4v) is 2.96. The zero-order chi connectivity index (χ0) is 15.5. The van der Waals surface area contributed by atoms with Crippen molar-refractivity contribution in [2.45, 2.75) is 18.4 Å². The summed E-state index contributed by atoms with van der Waals surface area (Å²) < 4.78 is 26.2. The maximum atomic E-state index is 12.4. The second-order valence-corrected chi connectivity index (χ2v) is 6.79. The highest BCUT2D eigenvalue weighted by Gasteiger charge is 2.21. The summed E-state index contributed by atoms with van der Waals surface area (Å²) >= 11 is 0. The van der Waals surface area contributed by atoms with E-state index < -0.39 is 10.0 Å². The average molecular weight is 306 g/mol. The summed E-state index contributed by atoms with van der Waals surface area (Å²) in [6.45, 7) is 2.28. The summed E-state index contributed by atoms with van der Waals surface area (Å²) in [5, 5.41) is 2.75. The van der Waals surface area contributed by atoms with E-state index in [1.807, 2.05) is 31.2 Å². The first kappa shape index (κ1) is 15.4. The molecule has 0 aliphatic rings. The van der Waals surface area contributed by atoms with Crippen LogP contribution in [0.5, 0.6) is 0 Å². The van der Waals surface area contributed by atoms with Gasteiger partial charge in [-0.2, -0.15) is 4.31 Å². The molecular weight excluding hydrogens is 288 g/mol. The molecule has 0 unspecified atom stereocenters. The van der Waals surface area contributed by atoms with Crippen LogP contribution in [0.15, 0.2) is 41.6 Å². The molecule has 0 radical (unpaired) electrons. The summed E-state index contributed by atoms with van der Waals surface area (Å²) in [7, 11) is -0.375. The van der Waals surface area contributed by atoms with Crippen molar-refractivity contribution < 1.29 is 8.42 Å². The molecule has 2 rings (SSSR count). The second kappa shape index (κ2) is 6.19. The maximum Gasteiger partial charge on any atom is 0.246 e. The number of nitrogens with zero attached hydrogens (tertiary/aromatic N) is 3. The van der Waals surface area contributed by atoms with E-state index >= 15 is 0 Å². The number of hydrogen-bond acceptors (Lipinski definition) is 5. The Hall–Kier alpha value is -1.99. The van der Waals surface area contributed by atoms with Crippen molar-refractivity contribution in [2.75, 3.05) is 19.4 Å². The van der Waals surface area contributed by atoms with Gasteiger partial charge in [-0.25, -0.2) is 18.4 Å². The number of anilines is 1. The van der Waals surface area contributed by atoms with Crippen molar-refractivity contribution >= 4 is 16.0 Å². The SMILES string of the molecule is CNc1ncc(S(=O)(=O)N(C)Cc2cccc(C)c2)cn1. The predicted octanol–water partition coefficient (Wildman–Crippen LogP) is 1.65. The molecule has 1 heterocycles. The molecule has 0 saturated carbocycles. The average Bonchev–Trinajstić information content (AvgIpc) is 2.47. The largest absolute Gasteiger partial charge is 0.357 e. The van der Waals surface area contributed by atoms with Gasteiger partial charge in [-0.1, -0.05) is 29.8 Å². The molecule has 0 saturated heterocycles. The molecule has 0 aliphatic heterocycles. The Balaban J connectivity index is 2.21. The Morgan fingerprint density at radius 2 is 1.90 bits per heavy atom. The highest BCUT2D eigenvalue weighted by molar-refractivity contribution is 7.89. The molecule has 1 aromatic carbocycles. The molecule has 2 aromatic rings. The summed E-state index contributed by atoms with van der Waals surface area (Å²) in [6.07, 6.45) is 2.61. The van der Waals surface area contributed by atoms with Gasteiger partial charge in [0.15, 0.2) is 0 Å². The molecule has 1 aromatic heterocycles. The number of nitrogens with one attached hydrogen (secondary N) is 1. The van der Waals surface area contributed by atoms with E-state index in [1.54, 1.807) is 14.1 Å². The standard InChI is InChI=1S/C14H18N4O2S/c1-11-5-4-6-12(7-11)10-18(3)21(19,20)13-8-16-14(15-2)17-9-13/h4-9H,10H2,1-3H3,(H,15,16,17). The Morgan fingerprint density at radius 1 is 1.24 bits per heavy atom. The lowest BCUT2D eigenvalue weighted by molar-refractivity contribution is 0.466. The van der Waals surface area contributed by atoms with E-state index in [9.17, 15) is 8.42 Å². The monoisotopic (exact) mass is 306 g/mol. The van der Waals surface area contributed by atoms with Gasteiger partial charge in [0.05, 0.1) is 12.4 Å². The zero-order valence-corrected chi connectivity index (χ0v) is 13.1. The third-order valence-corrected chi connectivity index (χ3v) is 4.80. The second-order valence-electron chi connectivity index (χ2n) is 4.74. The molecule has 0 fully saturated rings. The molecule has 0 spiro atoms. The first-order chi connectivity index (χ1) is 9.93. The predicted molar refractivity (Wildman–Crippen MR) is 81.4 cm³/mol. The normalized spacial score (nSPS) is 11.6. The first-order valence-electron chi connectivity index (χ1n) is 6.45. The lowest BCUT2D eigenvalue weighted by atomic mass is 10.1. The van der Waals surface area contributed by atoms with Gasteiger partial charge in [-0.3, -0.25) is 0 Å². The molecule has 21 heavy (non-hydrogen) atoms. The number of hydrogen-bond donors (Lipinski definition) is 1. The molecule has 0 atom stereocenters. The van der Waals surface area contributed by atoms with Gasteiger partial charge < -0.3 is 5.32 Å². The van der Waals surface area contributed by atoms with Crippen molar-refractivity contribution in [3.63, 3.8) is 0 Å². The smallest absolute Gasteiger partial charge is 0.246 e. The molecule has 0 bridgehead atoms. The Morgan fingerprint density at radius 3 is 2.48 bits per heavy atom. The number of sulfonamides is 1. The fraction of sp³-hybridized carbons (Fsp3) is 0.286. The van der Waals surface area contributed by atoms with Crippen molar-refractivity contribution in [2.24, 2.45) is 0 Å². The lowest BCUT2D eigenvalue weighted by Crippen LogP contribution is -2.26. The Bertz CT molecular complexity index is 714. The van der Waals surface area contributed by atoms with Gasteiger partial charge in [0.25, 0.3) is 0 Å². The van der Waals surface area contributed by atoms with Gasteiger partial charge in [0.1, 0.15) is 4.90 Å². The molecule has 0 aliphatic carbocycles. The minimum Gasteiger partial charge on any atom is -0.357 e. The van der Waals surface area contributed by atoms with Crippen LogP contribution in [0.25, 0.3) is 0 Å². The molecular formula is C14H18N4O2S. The number of rotatable bonds is 5. The van der Waals surface area contributed by atoms with Crippen LogP contribution >= 0.6 is 0 Å². The Labute approximate surface area is 124 Å². The number of aromatic nitrogens is 2. The quantitative estimate of drug-likeness (QED) is 0.909. The molecule has 1 N–H and O–H groups in total. The van der Waals surface area contributed by atoms with Gasteiger partial charge in [0.2, 0.25) is 16.0 Å². The molecule has 112 valence electrons. The van der Waals surface area contributed by atoms with Crippen LogP contribution in [0.4, 0.5) is 5.95 Å². The Kier molecular flexibility index (Phi) is 4.54. The summed E-state index contributed by atoms with van der Waals surface area (Å²) in [5.41, 5.74) is 2.04. The van der Waals surface area contributed by atoms with Crippen LogP contribution in [0.3, 0.4) is 0 Å². The lowest BCUT2D eigenvalue weighted by Gasteiger charge is -2.17. The minimum atomic E-state index is -3.59. The summed E-state index contributed by atoms with van der Waals surface area (Å²) in [6, 6.07) is 7.75. The van der Waals surface area contributed by atoms with Crippen LogP contribution in [0.2, 0.25) is 0 Å². The van der Waals surface area contributed by atoms with Crippen molar-refractivity contribution in [3.05, 3.63) is 47.8 Å². The topological polar surface area (TPSA) is 75.2 Å². The summed E-state index contributed by atoms with van der Waals surface area (Å²) in [4.78, 5) is 7.96. The van der Waals surface area contributed by atoms with E-state index in [4.69, 9.17) is 0 Å². The number of benzene rings is 1. The minimum absolute atomic E-state index is 0.0802. The molecule has 6 nitrogen and oxygen atoms in total. The summed E-state index contributed by atoms with van der Waals surface area (Å²) in [5.74, 6) is 0.385. The van der Waals surface area contributed by atoms with Crippen LogP contribution in [0, 0.1) is 6.92 Å². The third-order valence-electron chi connectivity index (χ3n) is 3.05. The third kappa shape index (κ3) is 3.56. The van der Waals surface area contributed by atoms with Crippen molar-refractivity contribution in [1.29, 1.82) is 0 Å². The molecule has 0 amide bonds. The van der Waals surface area contributed by atoms with Crippen LogP contribution in [-0.4, -0.2) is 36.8 Å². The van der Waals surface area contributed by atoms with Gasteiger partial charge >= 0.3 is 0 Å². The first-order valence-corrected chi connectivity index (χ1v) is 7.89. The van der Waals surface area contributed by atoms with Crippen molar-refractivity contribution in [3.8, 4) is 0 Å². The fourth-order valence-electron chi connectivity index (χ4n) is 1.91. The zero-order valence-electron chi connectivity index (χ0n) is 12.2. The van der Waals surface area contributed by atoms with Crippen LogP contribution in [-0.2, 0) is 16.6 Å². The maximum absolute atomic E-state index is 12.4. The van der Waals surface area contributed by atoms with E-state index in [-0.39, 0.29) is 4.90 Å². The number of aryl methyl sites for hydroxylation is 1. The van der Waals surface area contributed by atoms with Gasteiger partial charge in [0, 0.05) is 20.6 Å². The van der Waals surface area contributed by atoms with Crippen molar-refractivity contribution in [1.82, 2.24) is 14.3 Å². The van der Waals surface area contributed by atoms with E-state index in [0.717, 1.165) is 11.1 Å². The molecule has 7 heteroatoms. The van der Waals surface area contributed by atoms with E-state index in [1.165, 1.54) is 16.7 Å². The van der Waals surface area contributed by atoms with Crippen LogP contribution in [0.1, 0.15) is 11.1 Å². The van der Waals surface area contributed by atoms with Crippen LogP contribution < -0.4 is 5.32 Å². The van der Waals surface area contributed by atoms with Gasteiger partial charge in [-0.15, -0.1) is 0 Å². The van der Waals surface area contributed by atoms with E-state index in [0.29, 0.717) is 12.5 Å². The van der Waals surface area contributed by atoms with Gasteiger partial charge in [-0.05, 0) is 12.5 Å². The highest BCUT2D eigenvalue weighted by atomic mass is 32.2.